The number of nitrogens with zero attached hydrogens (tertiary/aromatic N) is 1. The Bertz CT molecular complexity index is 1360. The first-order chi connectivity index (χ1) is 16.9. The topological polar surface area (TPSA) is 76.1 Å². The van der Waals surface area contributed by atoms with Gasteiger partial charge < -0.3 is 14.6 Å². The second-order valence-corrected chi connectivity index (χ2v) is 8.97. The Morgan fingerprint density at radius 3 is 2.66 bits per heavy atom. The van der Waals surface area contributed by atoms with Crippen molar-refractivity contribution in [2.45, 2.75) is 39.3 Å². The van der Waals surface area contributed by atoms with Crippen molar-refractivity contribution in [1.29, 1.82) is 0 Å². The van der Waals surface area contributed by atoms with Crippen molar-refractivity contribution in [2.75, 3.05) is 11.5 Å². The molecule has 0 aliphatic carbocycles. The number of aliphatic hydroxyl groups is 1. The Balaban J connectivity index is 1.68. The van der Waals surface area contributed by atoms with Crippen LogP contribution in [0.5, 0.6) is 11.5 Å². The fourth-order valence-electron chi connectivity index (χ4n) is 4.87. The van der Waals surface area contributed by atoms with Gasteiger partial charge in [-0.2, -0.15) is 0 Å². The van der Waals surface area contributed by atoms with Gasteiger partial charge >= 0.3 is 0 Å². The minimum atomic E-state index is -0.782. The molecular weight excluding hydrogens is 442 g/mol. The van der Waals surface area contributed by atoms with Gasteiger partial charge in [-0.05, 0) is 62.2 Å². The quantitative estimate of drug-likeness (QED) is 0.310. The maximum absolute atomic E-state index is 13.4. The molecule has 1 N–H and O–H groups in total. The van der Waals surface area contributed by atoms with E-state index in [1.54, 1.807) is 36.4 Å². The molecule has 0 aromatic heterocycles. The molecule has 2 atom stereocenters. The van der Waals surface area contributed by atoms with Crippen LogP contribution in [0.2, 0.25) is 0 Å². The van der Waals surface area contributed by atoms with Gasteiger partial charge in [-0.1, -0.05) is 35.9 Å². The van der Waals surface area contributed by atoms with Gasteiger partial charge in [0.1, 0.15) is 23.4 Å². The molecule has 178 valence electrons. The molecule has 0 saturated carbocycles. The molecule has 5 rings (SSSR count). The van der Waals surface area contributed by atoms with Gasteiger partial charge in [-0.3, -0.25) is 14.5 Å². The van der Waals surface area contributed by atoms with E-state index in [0.29, 0.717) is 23.6 Å². The van der Waals surface area contributed by atoms with Crippen LogP contribution in [0, 0.1) is 6.92 Å². The molecule has 6 heteroatoms. The summed E-state index contributed by atoms with van der Waals surface area (Å²) in [5.74, 6) is -0.230. The lowest BCUT2D eigenvalue weighted by atomic mass is 9.93. The first-order valence-corrected chi connectivity index (χ1v) is 11.8. The Morgan fingerprint density at radius 1 is 1.09 bits per heavy atom. The smallest absolute Gasteiger partial charge is 0.300 e. The summed E-state index contributed by atoms with van der Waals surface area (Å²) in [6.07, 6.45) is 0.772. The zero-order chi connectivity index (χ0) is 24.7. The summed E-state index contributed by atoms with van der Waals surface area (Å²) in [5, 5.41) is 11.4. The van der Waals surface area contributed by atoms with E-state index >= 15 is 0 Å². The minimum Gasteiger partial charge on any atom is -0.507 e. The van der Waals surface area contributed by atoms with Crippen molar-refractivity contribution in [3.05, 3.63) is 94.6 Å². The molecule has 0 radical (unpaired) electrons. The lowest BCUT2D eigenvalue weighted by molar-refractivity contribution is -0.132. The fourth-order valence-corrected chi connectivity index (χ4v) is 4.87. The van der Waals surface area contributed by atoms with Crippen LogP contribution in [0.3, 0.4) is 0 Å². The minimum absolute atomic E-state index is 0.0536. The first-order valence-electron chi connectivity index (χ1n) is 11.8. The lowest BCUT2D eigenvalue weighted by Crippen LogP contribution is -2.29. The summed E-state index contributed by atoms with van der Waals surface area (Å²) in [6.45, 7) is 6.30. The van der Waals surface area contributed by atoms with Crippen LogP contribution >= 0.6 is 0 Å². The molecule has 6 nitrogen and oxygen atoms in total. The standard InChI is InChI=1S/C29H27NO5/c1-4-34-23-10-6-9-22(16-23)30-26(19-8-5-7-17(2)13-19)25(28(32)29(30)33)27(31)20-11-12-24-21(15-20)14-18(3)35-24/h5-13,15-16,18,26,31H,4,14H2,1-3H3/b27-25-. The summed E-state index contributed by atoms with van der Waals surface area (Å²) in [6, 6.07) is 19.3. The van der Waals surface area contributed by atoms with E-state index in [1.165, 1.54) is 4.90 Å². The molecule has 0 spiro atoms. The maximum Gasteiger partial charge on any atom is 0.300 e. The van der Waals surface area contributed by atoms with Crippen LogP contribution in [0.25, 0.3) is 5.76 Å². The normalized spacial score (nSPS) is 20.6. The first kappa shape index (κ1) is 22.7. The number of hydrogen-bond donors (Lipinski definition) is 1. The molecular formula is C29H27NO5. The number of Topliss-reactive ketones (excluding diaryl/α,β-unsaturated/α-hetero) is 1. The molecule has 0 bridgehead atoms. The SMILES string of the molecule is CCOc1cccc(N2C(=O)C(=O)/C(=C(\O)c3ccc4c(c3)CC(C)O4)C2c2cccc(C)c2)c1. The molecule has 3 aromatic carbocycles. The van der Waals surface area contributed by atoms with Crippen LogP contribution in [-0.4, -0.2) is 29.5 Å². The lowest BCUT2D eigenvalue weighted by Gasteiger charge is -2.26. The summed E-state index contributed by atoms with van der Waals surface area (Å²) in [7, 11) is 0. The van der Waals surface area contributed by atoms with Gasteiger partial charge in [-0.15, -0.1) is 0 Å². The zero-order valence-corrected chi connectivity index (χ0v) is 19.9. The number of fused-ring (bicyclic) bond motifs is 1. The average molecular weight is 470 g/mol. The van der Waals surface area contributed by atoms with Crippen molar-refractivity contribution in [1.82, 2.24) is 0 Å². The third kappa shape index (κ3) is 4.05. The van der Waals surface area contributed by atoms with Gasteiger partial charge in [0.25, 0.3) is 11.7 Å². The monoisotopic (exact) mass is 469 g/mol. The Labute approximate surface area is 204 Å². The number of hydrogen-bond acceptors (Lipinski definition) is 5. The number of rotatable bonds is 5. The van der Waals surface area contributed by atoms with Crippen molar-refractivity contribution < 1.29 is 24.2 Å². The molecule has 2 unspecified atom stereocenters. The van der Waals surface area contributed by atoms with Gasteiger partial charge in [0.05, 0.1) is 18.2 Å². The molecule has 1 saturated heterocycles. The van der Waals surface area contributed by atoms with Gasteiger partial charge in [0.2, 0.25) is 0 Å². The Morgan fingerprint density at radius 2 is 1.89 bits per heavy atom. The molecule has 2 aliphatic heterocycles. The van der Waals surface area contributed by atoms with Crippen LogP contribution < -0.4 is 14.4 Å². The molecule has 1 amide bonds. The van der Waals surface area contributed by atoms with Crippen molar-refractivity contribution in [2.24, 2.45) is 0 Å². The second kappa shape index (κ2) is 8.95. The van der Waals surface area contributed by atoms with E-state index in [9.17, 15) is 14.7 Å². The largest absolute Gasteiger partial charge is 0.507 e. The van der Waals surface area contributed by atoms with Gasteiger partial charge in [0.15, 0.2) is 0 Å². The predicted molar refractivity (Wildman–Crippen MR) is 134 cm³/mol. The number of anilines is 1. The Hall–Kier alpha value is -4.06. The highest BCUT2D eigenvalue weighted by molar-refractivity contribution is 6.51. The maximum atomic E-state index is 13.4. The number of carbonyl (C=O) groups excluding carboxylic acids is 2. The van der Waals surface area contributed by atoms with E-state index < -0.39 is 17.7 Å². The van der Waals surface area contributed by atoms with E-state index in [1.807, 2.05) is 51.1 Å². The van der Waals surface area contributed by atoms with Crippen LogP contribution in [-0.2, 0) is 16.0 Å². The van der Waals surface area contributed by atoms with Crippen LogP contribution in [0.1, 0.15) is 42.1 Å². The Kier molecular flexibility index (Phi) is 5.81. The summed E-state index contributed by atoms with van der Waals surface area (Å²) < 4.78 is 11.4. The zero-order valence-electron chi connectivity index (χ0n) is 19.9. The number of aryl methyl sites for hydroxylation is 1. The van der Waals surface area contributed by atoms with E-state index in [4.69, 9.17) is 9.47 Å². The fraction of sp³-hybridized carbons (Fsp3) is 0.241. The highest BCUT2D eigenvalue weighted by atomic mass is 16.5. The third-order valence-electron chi connectivity index (χ3n) is 6.38. The highest BCUT2D eigenvalue weighted by Gasteiger charge is 2.47. The number of ether oxygens (including phenoxy) is 2. The van der Waals surface area contributed by atoms with Gasteiger partial charge in [-0.25, -0.2) is 0 Å². The third-order valence-corrected chi connectivity index (χ3v) is 6.38. The van der Waals surface area contributed by atoms with Crippen molar-refractivity contribution in [3.63, 3.8) is 0 Å². The van der Waals surface area contributed by atoms with Crippen LogP contribution in [0.15, 0.2) is 72.3 Å². The average Bonchev–Trinajstić information content (AvgIpc) is 3.34. The molecule has 3 aromatic rings. The van der Waals surface area contributed by atoms with E-state index in [2.05, 4.69) is 0 Å². The van der Waals surface area contributed by atoms with Crippen molar-refractivity contribution >= 4 is 23.1 Å². The number of benzene rings is 3. The summed E-state index contributed by atoms with van der Waals surface area (Å²) >= 11 is 0. The molecule has 2 heterocycles. The molecule has 2 aliphatic rings. The number of ketones is 1. The number of aliphatic hydroxyl groups excluding tert-OH is 1. The van der Waals surface area contributed by atoms with Crippen LogP contribution in [0.4, 0.5) is 5.69 Å². The van der Waals surface area contributed by atoms with Crippen molar-refractivity contribution in [3.8, 4) is 11.5 Å². The van der Waals surface area contributed by atoms with E-state index in [-0.39, 0.29) is 17.4 Å². The number of amides is 1. The summed E-state index contributed by atoms with van der Waals surface area (Å²) in [5.41, 5.74) is 3.77. The molecule has 35 heavy (non-hydrogen) atoms. The van der Waals surface area contributed by atoms with E-state index in [0.717, 1.165) is 28.9 Å². The summed E-state index contributed by atoms with van der Waals surface area (Å²) in [4.78, 5) is 28.2. The molecule has 1 fully saturated rings. The highest BCUT2D eigenvalue weighted by Crippen LogP contribution is 2.43. The number of carbonyl (C=O) groups is 2. The predicted octanol–water partition coefficient (Wildman–Crippen LogP) is 5.34. The second-order valence-electron chi connectivity index (χ2n) is 8.97. The van der Waals surface area contributed by atoms with Gasteiger partial charge in [0, 0.05) is 23.7 Å².